The average Bonchev–Trinajstić information content (AvgIpc) is 3.03. The van der Waals surface area contributed by atoms with Crippen molar-refractivity contribution in [3.8, 4) is 5.69 Å². The smallest absolute Gasteiger partial charge is 0.320 e. The molecule has 0 radical (unpaired) electrons. The molecule has 0 aliphatic rings. The lowest BCUT2D eigenvalue weighted by atomic mass is 10.2. The molecule has 0 fully saturated rings. The molecule has 0 saturated heterocycles. The largest absolute Gasteiger partial charge is 0.435 e. The molecule has 3 aromatic rings. The maximum atomic E-state index is 13.6. The summed E-state index contributed by atoms with van der Waals surface area (Å²) in [6.45, 7) is 1.69. The van der Waals surface area contributed by atoms with Crippen LogP contribution in [0.5, 0.6) is 0 Å². The molecule has 2 aromatic carbocycles. The van der Waals surface area contributed by atoms with Gasteiger partial charge in [0.15, 0.2) is 11.4 Å². The van der Waals surface area contributed by atoms with E-state index >= 15 is 0 Å². The van der Waals surface area contributed by atoms with Crippen LogP contribution in [0.2, 0.25) is 0 Å². The summed E-state index contributed by atoms with van der Waals surface area (Å²) in [5.74, 6) is -1.82. The van der Waals surface area contributed by atoms with Crippen molar-refractivity contribution in [1.29, 1.82) is 0 Å². The van der Waals surface area contributed by atoms with E-state index in [0.29, 0.717) is 15.9 Å². The van der Waals surface area contributed by atoms with Gasteiger partial charge in [0.2, 0.25) is 0 Å². The molecule has 140 valence electrons. The van der Waals surface area contributed by atoms with Gasteiger partial charge in [0, 0.05) is 10.2 Å². The van der Waals surface area contributed by atoms with E-state index in [-0.39, 0.29) is 5.69 Å². The summed E-state index contributed by atoms with van der Waals surface area (Å²) in [5, 5.41) is 9.18. The number of nitrogens with zero attached hydrogens (tertiary/aromatic N) is 3. The molecule has 0 spiro atoms. The first-order valence-electron chi connectivity index (χ1n) is 7.53. The van der Waals surface area contributed by atoms with E-state index in [2.05, 4.69) is 31.6 Å². The van der Waals surface area contributed by atoms with Gasteiger partial charge in [0.25, 0.3) is 5.91 Å². The molecule has 1 amide bonds. The van der Waals surface area contributed by atoms with E-state index in [1.54, 1.807) is 25.1 Å². The van der Waals surface area contributed by atoms with Crippen molar-refractivity contribution in [2.75, 3.05) is 5.32 Å². The van der Waals surface area contributed by atoms with Crippen molar-refractivity contribution < 1.29 is 22.4 Å². The van der Waals surface area contributed by atoms with Crippen molar-refractivity contribution in [3.63, 3.8) is 0 Å². The van der Waals surface area contributed by atoms with Gasteiger partial charge in [0.1, 0.15) is 5.82 Å². The Kier molecular flexibility index (Phi) is 5.01. The Morgan fingerprint density at radius 2 is 1.93 bits per heavy atom. The SMILES string of the molecule is Cc1cc(Br)ccc1NC(=O)c1nnn(-c2cccc(F)c2)c1C(F)(F)F. The van der Waals surface area contributed by atoms with Crippen LogP contribution in [0.1, 0.15) is 21.7 Å². The lowest BCUT2D eigenvalue weighted by Gasteiger charge is -2.12. The predicted molar refractivity (Wildman–Crippen MR) is 93.2 cm³/mol. The van der Waals surface area contributed by atoms with Crippen LogP contribution in [-0.2, 0) is 6.18 Å². The fourth-order valence-electron chi connectivity index (χ4n) is 2.43. The van der Waals surface area contributed by atoms with Crippen molar-refractivity contribution >= 4 is 27.5 Å². The summed E-state index contributed by atoms with van der Waals surface area (Å²) in [7, 11) is 0. The van der Waals surface area contributed by atoms with Crippen LogP contribution in [0.4, 0.5) is 23.2 Å². The molecule has 5 nitrogen and oxygen atoms in total. The summed E-state index contributed by atoms with van der Waals surface area (Å²) in [6.07, 6.45) is -4.93. The van der Waals surface area contributed by atoms with Crippen LogP contribution in [0.15, 0.2) is 46.9 Å². The number of aryl methyl sites for hydroxylation is 1. The van der Waals surface area contributed by atoms with Crippen LogP contribution in [0.3, 0.4) is 0 Å². The molecule has 27 heavy (non-hydrogen) atoms. The third kappa shape index (κ3) is 4.00. The highest BCUT2D eigenvalue weighted by atomic mass is 79.9. The zero-order chi connectivity index (χ0) is 19.8. The van der Waals surface area contributed by atoms with E-state index in [1.165, 1.54) is 12.1 Å². The Hall–Kier alpha value is -2.75. The number of rotatable bonds is 3. The molecule has 1 aromatic heterocycles. The Labute approximate surface area is 159 Å². The number of aromatic nitrogens is 3. The van der Waals surface area contributed by atoms with Gasteiger partial charge in [-0.15, -0.1) is 5.10 Å². The number of nitrogens with one attached hydrogen (secondary N) is 1. The fourth-order valence-corrected chi connectivity index (χ4v) is 2.90. The molecule has 0 aliphatic carbocycles. The second-order valence-corrected chi connectivity index (χ2v) is 6.51. The second kappa shape index (κ2) is 7.10. The van der Waals surface area contributed by atoms with Crippen LogP contribution in [-0.4, -0.2) is 20.9 Å². The van der Waals surface area contributed by atoms with Gasteiger partial charge in [-0.05, 0) is 48.9 Å². The summed E-state index contributed by atoms with van der Waals surface area (Å²) in [6, 6.07) is 9.29. The van der Waals surface area contributed by atoms with Crippen molar-refractivity contribution in [1.82, 2.24) is 15.0 Å². The van der Waals surface area contributed by atoms with Gasteiger partial charge in [-0.1, -0.05) is 27.2 Å². The number of amides is 1. The van der Waals surface area contributed by atoms with Crippen molar-refractivity contribution in [2.45, 2.75) is 13.1 Å². The van der Waals surface area contributed by atoms with E-state index < -0.39 is 29.3 Å². The Morgan fingerprint density at radius 3 is 2.56 bits per heavy atom. The van der Waals surface area contributed by atoms with Crippen LogP contribution in [0, 0.1) is 12.7 Å². The maximum Gasteiger partial charge on any atom is 0.435 e. The quantitative estimate of drug-likeness (QED) is 0.595. The number of carbonyl (C=O) groups excluding carboxylic acids is 1. The van der Waals surface area contributed by atoms with Gasteiger partial charge in [-0.2, -0.15) is 13.2 Å². The summed E-state index contributed by atoms with van der Waals surface area (Å²) < 4.78 is 55.3. The number of halogens is 5. The van der Waals surface area contributed by atoms with E-state index in [0.717, 1.165) is 16.6 Å². The van der Waals surface area contributed by atoms with E-state index in [9.17, 15) is 22.4 Å². The standard InChI is InChI=1S/C17H11BrF4N4O/c1-9-7-10(18)5-6-13(9)23-16(27)14-15(17(20,21)22)26(25-24-14)12-4-2-3-11(19)8-12/h2-8H,1H3,(H,23,27). The number of benzene rings is 2. The zero-order valence-corrected chi connectivity index (χ0v) is 15.3. The molecule has 0 aliphatic heterocycles. The number of alkyl halides is 3. The Bertz CT molecular complexity index is 1020. The third-order valence-corrected chi connectivity index (χ3v) is 4.14. The molecule has 3 rings (SSSR count). The van der Waals surface area contributed by atoms with Gasteiger partial charge >= 0.3 is 6.18 Å². The molecule has 1 heterocycles. The van der Waals surface area contributed by atoms with Crippen molar-refractivity contribution in [2.24, 2.45) is 0 Å². The first-order valence-corrected chi connectivity index (χ1v) is 8.32. The highest BCUT2D eigenvalue weighted by Gasteiger charge is 2.42. The van der Waals surface area contributed by atoms with E-state index in [4.69, 9.17) is 0 Å². The Balaban J connectivity index is 2.04. The summed E-state index contributed by atoms with van der Waals surface area (Å²) >= 11 is 3.26. The molecule has 0 atom stereocenters. The maximum absolute atomic E-state index is 13.6. The normalized spacial score (nSPS) is 11.5. The van der Waals surface area contributed by atoms with Crippen molar-refractivity contribution in [3.05, 3.63) is 69.7 Å². The molecule has 0 bridgehead atoms. The lowest BCUT2D eigenvalue weighted by Crippen LogP contribution is -2.21. The number of carbonyl (C=O) groups is 1. The zero-order valence-electron chi connectivity index (χ0n) is 13.7. The minimum absolute atomic E-state index is 0.200. The predicted octanol–water partition coefficient (Wildman–Crippen LogP) is 4.75. The minimum Gasteiger partial charge on any atom is -0.320 e. The summed E-state index contributed by atoms with van der Waals surface area (Å²) in [4.78, 5) is 12.4. The van der Waals surface area contributed by atoms with Gasteiger partial charge in [-0.25, -0.2) is 9.07 Å². The van der Waals surface area contributed by atoms with Crippen LogP contribution in [0.25, 0.3) is 5.69 Å². The number of hydrogen-bond acceptors (Lipinski definition) is 3. The minimum atomic E-state index is -4.93. The molecule has 0 saturated carbocycles. The molecular formula is C17H11BrF4N4O. The van der Waals surface area contributed by atoms with Crippen LogP contribution >= 0.6 is 15.9 Å². The van der Waals surface area contributed by atoms with E-state index in [1.807, 2.05) is 0 Å². The second-order valence-electron chi connectivity index (χ2n) is 5.59. The highest BCUT2D eigenvalue weighted by molar-refractivity contribution is 9.10. The van der Waals surface area contributed by atoms with Gasteiger partial charge in [-0.3, -0.25) is 4.79 Å². The van der Waals surface area contributed by atoms with Gasteiger partial charge < -0.3 is 5.32 Å². The molecule has 0 unspecified atom stereocenters. The molecule has 1 N–H and O–H groups in total. The average molecular weight is 443 g/mol. The molecule has 10 heteroatoms. The topological polar surface area (TPSA) is 59.8 Å². The first kappa shape index (κ1) is 19.0. The van der Waals surface area contributed by atoms with Crippen LogP contribution < -0.4 is 5.32 Å². The Morgan fingerprint density at radius 1 is 1.19 bits per heavy atom. The summed E-state index contributed by atoms with van der Waals surface area (Å²) in [5.41, 5.74) is -1.52. The monoisotopic (exact) mass is 442 g/mol. The lowest BCUT2D eigenvalue weighted by molar-refractivity contribution is -0.143. The number of anilines is 1. The highest BCUT2D eigenvalue weighted by Crippen LogP contribution is 2.33. The fraction of sp³-hybridized carbons (Fsp3) is 0.118. The van der Waals surface area contributed by atoms with Gasteiger partial charge in [0.05, 0.1) is 5.69 Å². The molecular weight excluding hydrogens is 432 g/mol. The third-order valence-electron chi connectivity index (χ3n) is 3.64. The number of hydrogen-bond donors (Lipinski definition) is 1. The first-order chi connectivity index (χ1) is 12.7.